The van der Waals surface area contributed by atoms with Crippen LogP contribution in [-0.2, 0) is 24.3 Å². The van der Waals surface area contributed by atoms with E-state index < -0.39 is 0 Å². The number of benzene rings is 2. The predicted molar refractivity (Wildman–Crippen MR) is 101 cm³/mol. The molecule has 1 amide bonds. The maximum atomic E-state index is 12.3. The highest BCUT2D eigenvalue weighted by atomic mass is 16.5. The van der Waals surface area contributed by atoms with Crippen molar-refractivity contribution >= 4 is 5.91 Å². The Morgan fingerprint density at radius 3 is 2.73 bits per heavy atom. The molecule has 26 heavy (non-hydrogen) atoms. The van der Waals surface area contributed by atoms with Gasteiger partial charge in [0.25, 0.3) is 5.91 Å². The van der Waals surface area contributed by atoms with Crippen molar-refractivity contribution in [2.45, 2.75) is 19.6 Å². The molecule has 0 aliphatic rings. The topological polar surface area (TPSA) is 56.1 Å². The van der Waals surface area contributed by atoms with Crippen molar-refractivity contribution in [3.63, 3.8) is 0 Å². The van der Waals surface area contributed by atoms with Crippen LogP contribution < -0.4 is 5.32 Å². The Balaban J connectivity index is 1.54. The molecule has 5 nitrogen and oxygen atoms in total. The van der Waals surface area contributed by atoms with Gasteiger partial charge in [0.2, 0.25) is 0 Å². The summed E-state index contributed by atoms with van der Waals surface area (Å²) in [6.45, 7) is 1.82. The summed E-state index contributed by atoms with van der Waals surface area (Å²) in [6, 6.07) is 17.7. The van der Waals surface area contributed by atoms with Gasteiger partial charge in [-0.2, -0.15) is 0 Å². The summed E-state index contributed by atoms with van der Waals surface area (Å²) in [4.78, 5) is 16.7. The van der Waals surface area contributed by atoms with Gasteiger partial charge in [-0.25, -0.2) is 4.98 Å². The molecule has 1 aromatic heterocycles. The molecule has 0 aliphatic carbocycles. The molecule has 0 radical (unpaired) electrons. The second-order valence-electron chi connectivity index (χ2n) is 6.10. The third-order valence-electron chi connectivity index (χ3n) is 4.13. The number of amides is 1. The van der Waals surface area contributed by atoms with E-state index in [1.165, 1.54) is 5.56 Å². The molecule has 1 N–H and O–H groups in total. The molecule has 0 atom stereocenters. The van der Waals surface area contributed by atoms with Gasteiger partial charge in [0, 0.05) is 44.6 Å². The maximum absolute atomic E-state index is 12.3. The van der Waals surface area contributed by atoms with E-state index in [1.54, 1.807) is 13.3 Å². The van der Waals surface area contributed by atoms with Crippen molar-refractivity contribution in [1.82, 2.24) is 14.9 Å². The van der Waals surface area contributed by atoms with Crippen LogP contribution >= 0.6 is 0 Å². The second-order valence-corrected chi connectivity index (χ2v) is 6.10. The second kappa shape index (κ2) is 8.97. The molecule has 1 heterocycles. The van der Waals surface area contributed by atoms with Crippen LogP contribution in [0.3, 0.4) is 0 Å². The summed E-state index contributed by atoms with van der Waals surface area (Å²) >= 11 is 0. The van der Waals surface area contributed by atoms with E-state index in [-0.39, 0.29) is 5.91 Å². The highest BCUT2D eigenvalue weighted by molar-refractivity contribution is 5.94. The standard InChI is InChI=1S/C21H23N3O2/c1-26-16-18-8-5-9-19(14-18)21(25)23-11-10-20-22-12-13-24(20)15-17-6-3-2-4-7-17/h2-9,12-14H,10-11,15-16H2,1H3,(H,23,25). The van der Waals surface area contributed by atoms with Gasteiger partial charge in [0.1, 0.15) is 5.82 Å². The number of nitrogens with zero attached hydrogens (tertiary/aromatic N) is 2. The molecule has 0 fully saturated rings. The van der Waals surface area contributed by atoms with Gasteiger partial charge in [-0.1, -0.05) is 42.5 Å². The molecule has 5 heteroatoms. The van der Waals surface area contributed by atoms with E-state index in [1.807, 2.05) is 48.7 Å². The van der Waals surface area contributed by atoms with E-state index >= 15 is 0 Å². The molecule has 2 aromatic carbocycles. The van der Waals surface area contributed by atoms with Gasteiger partial charge in [0.15, 0.2) is 0 Å². The van der Waals surface area contributed by atoms with Crippen LogP contribution in [0.2, 0.25) is 0 Å². The Morgan fingerprint density at radius 1 is 1.12 bits per heavy atom. The highest BCUT2D eigenvalue weighted by Gasteiger charge is 2.08. The number of carbonyl (C=O) groups excluding carboxylic acids is 1. The average molecular weight is 349 g/mol. The van der Waals surface area contributed by atoms with Crippen molar-refractivity contribution < 1.29 is 9.53 Å². The van der Waals surface area contributed by atoms with E-state index in [4.69, 9.17) is 4.74 Å². The van der Waals surface area contributed by atoms with Crippen LogP contribution in [0.5, 0.6) is 0 Å². The van der Waals surface area contributed by atoms with E-state index in [2.05, 4.69) is 27.0 Å². The molecule has 0 bridgehead atoms. The van der Waals surface area contributed by atoms with Crippen molar-refractivity contribution in [3.8, 4) is 0 Å². The summed E-state index contributed by atoms with van der Waals surface area (Å²) in [5, 5.41) is 2.96. The lowest BCUT2D eigenvalue weighted by atomic mass is 10.1. The molecule has 0 saturated carbocycles. The van der Waals surface area contributed by atoms with Gasteiger partial charge >= 0.3 is 0 Å². The molecule has 0 spiro atoms. The first-order valence-electron chi connectivity index (χ1n) is 8.66. The number of aromatic nitrogens is 2. The number of hydrogen-bond acceptors (Lipinski definition) is 3. The number of rotatable bonds is 8. The first-order chi connectivity index (χ1) is 12.8. The SMILES string of the molecule is COCc1cccc(C(=O)NCCc2nccn2Cc2ccccc2)c1. The maximum Gasteiger partial charge on any atom is 0.251 e. The summed E-state index contributed by atoms with van der Waals surface area (Å²) in [7, 11) is 1.64. The minimum atomic E-state index is -0.0795. The van der Waals surface area contributed by atoms with Crippen LogP contribution in [0, 0.1) is 0 Å². The summed E-state index contributed by atoms with van der Waals surface area (Å²) in [6.07, 6.45) is 4.45. The minimum absolute atomic E-state index is 0.0795. The Morgan fingerprint density at radius 2 is 1.92 bits per heavy atom. The number of nitrogens with one attached hydrogen (secondary N) is 1. The molecule has 0 aliphatic heterocycles. The largest absolute Gasteiger partial charge is 0.380 e. The Bertz CT molecular complexity index is 843. The quantitative estimate of drug-likeness (QED) is 0.680. The third-order valence-corrected chi connectivity index (χ3v) is 4.13. The number of hydrogen-bond donors (Lipinski definition) is 1. The first kappa shape index (κ1) is 17.9. The lowest BCUT2D eigenvalue weighted by Crippen LogP contribution is -2.26. The van der Waals surface area contributed by atoms with Crippen molar-refractivity contribution in [2.75, 3.05) is 13.7 Å². The number of ether oxygens (including phenoxy) is 1. The fourth-order valence-electron chi connectivity index (χ4n) is 2.85. The predicted octanol–water partition coefficient (Wildman–Crippen LogP) is 3.05. The zero-order valence-electron chi connectivity index (χ0n) is 14.9. The third kappa shape index (κ3) is 4.80. The van der Waals surface area contributed by atoms with Crippen LogP contribution in [0.15, 0.2) is 67.0 Å². The lowest BCUT2D eigenvalue weighted by molar-refractivity contribution is 0.0953. The van der Waals surface area contributed by atoms with Crippen LogP contribution in [0.1, 0.15) is 27.3 Å². The number of methoxy groups -OCH3 is 1. The van der Waals surface area contributed by atoms with Gasteiger partial charge in [0.05, 0.1) is 6.61 Å². The fourth-order valence-corrected chi connectivity index (χ4v) is 2.85. The average Bonchev–Trinajstić information content (AvgIpc) is 3.10. The minimum Gasteiger partial charge on any atom is -0.380 e. The molecule has 0 saturated heterocycles. The zero-order valence-corrected chi connectivity index (χ0v) is 14.9. The first-order valence-corrected chi connectivity index (χ1v) is 8.66. The van der Waals surface area contributed by atoms with Gasteiger partial charge in [-0.05, 0) is 23.3 Å². The monoisotopic (exact) mass is 349 g/mol. The molecule has 3 rings (SSSR count). The lowest BCUT2D eigenvalue weighted by Gasteiger charge is -2.09. The Labute approximate surface area is 153 Å². The van der Waals surface area contributed by atoms with Gasteiger partial charge in [-0.15, -0.1) is 0 Å². The molecule has 134 valence electrons. The number of carbonyl (C=O) groups is 1. The summed E-state index contributed by atoms with van der Waals surface area (Å²) in [5.74, 6) is 0.881. The number of imidazole rings is 1. The van der Waals surface area contributed by atoms with Crippen molar-refractivity contribution in [2.24, 2.45) is 0 Å². The van der Waals surface area contributed by atoms with Crippen molar-refractivity contribution in [1.29, 1.82) is 0 Å². The molecular formula is C21H23N3O2. The zero-order chi connectivity index (χ0) is 18.2. The Kier molecular flexibility index (Phi) is 6.17. The van der Waals surface area contributed by atoms with Crippen LogP contribution in [0.25, 0.3) is 0 Å². The molecule has 3 aromatic rings. The molecular weight excluding hydrogens is 326 g/mol. The van der Waals surface area contributed by atoms with Gasteiger partial charge < -0.3 is 14.6 Å². The Hall–Kier alpha value is -2.92. The van der Waals surface area contributed by atoms with E-state index in [9.17, 15) is 4.79 Å². The van der Waals surface area contributed by atoms with E-state index in [0.29, 0.717) is 25.1 Å². The fraction of sp³-hybridized carbons (Fsp3) is 0.238. The smallest absolute Gasteiger partial charge is 0.251 e. The van der Waals surface area contributed by atoms with Crippen LogP contribution in [0.4, 0.5) is 0 Å². The highest BCUT2D eigenvalue weighted by Crippen LogP contribution is 2.08. The summed E-state index contributed by atoms with van der Waals surface area (Å²) < 4.78 is 7.22. The van der Waals surface area contributed by atoms with Crippen molar-refractivity contribution in [3.05, 3.63) is 89.5 Å². The van der Waals surface area contributed by atoms with Gasteiger partial charge in [-0.3, -0.25) is 4.79 Å². The summed E-state index contributed by atoms with van der Waals surface area (Å²) in [5.41, 5.74) is 2.86. The normalized spacial score (nSPS) is 10.7. The van der Waals surface area contributed by atoms with E-state index in [0.717, 1.165) is 17.9 Å². The van der Waals surface area contributed by atoms with Crippen LogP contribution in [-0.4, -0.2) is 29.1 Å². The molecule has 0 unspecified atom stereocenters.